The van der Waals surface area contributed by atoms with Gasteiger partial charge in [-0.1, -0.05) is 47.5 Å². The molecule has 3 aromatic carbocycles. The first-order valence-corrected chi connectivity index (χ1v) is 12.2. The van der Waals surface area contributed by atoms with Crippen molar-refractivity contribution in [2.75, 3.05) is 11.9 Å². The first kappa shape index (κ1) is 22.6. The summed E-state index contributed by atoms with van der Waals surface area (Å²) in [6.07, 6.45) is 0. The molecular weight excluding hydrogens is 436 g/mol. The molecule has 0 saturated carbocycles. The van der Waals surface area contributed by atoms with Crippen LogP contribution in [0.3, 0.4) is 0 Å². The number of oxazole rings is 1. The van der Waals surface area contributed by atoms with Gasteiger partial charge in [0.25, 0.3) is 0 Å². The van der Waals surface area contributed by atoms with Crippen LogP contribution in [0.1, 0.15) is 23.6 Å². The first-order valence-electron chi connectivity index (χ1n) is 10.7. The maximum atomic E-state index is 13.4. The molecule has 1 N–H and O–H groups in total. The lowest BCUT2D eigenvalue weighted by Gasteiger charge is -2.07. The molecule has 0 aliphatic carbocycles. The molecule has 0 saturated heterocycles. The van der Waals surface area contributed by atoms with Crippen LogP contribution >= 0.6 is 0 Å². The standard InChI is InChI=1S/C26H26N2O4S/c1-4-31-22-13-11-21(12-14-22)24-28-26(33(29,30)23-15-7-19(3)8-16-23)25(32-24)27-17-20-9-5-18(2)6-10-20/h5-16,27H,4,17H2,1-3H3. The smallest absolute Gasteiger partial charge is 0.234 e. The number of sulfone groups is 1. The van der Waals surface area contributed by atoms with E-state index >= 15 is 0 Å². The van der Waals surface area contributed by atoms with E-state index < -0.39 is 9.84 Å². The molecule has 0 spiro atoms. The second-order valence-corrected chi connectivity index (χ2v) is 9.63. The number of aryl methyl sites for hydroxylation is 2. The van der Waals surface area contributed by atoms with Crippen molar-refractivity contribution in [2.45, 2.75) is 37.2 Å². The Balaban J connectivity index is 1.72. The van der Waals surface area contributed by atoms with E-state index in [2.05, 4.69) is 10.3 Å². The van der Waals surface area contributed by atoms with Crippen LogP contribution in [0.4, 0.5) is 5.88 Å². The van der Waals surface area contributed by atoms with Crippen LogP contribution < -0.4 is 10.1 Å². The third-order valence-electron chi connectivity index (χ3n) is 5.17. The minimum Gasteiger partial charge on any atom is -0.494 e. The second-order valence-electron chi connectivity index (χ2n) is 7.77. The Labute approximate surface area is 194 Å². The summed E-state index contributed by atoms with van der Waals surface area (Å²) in [5.41, 5.74) is 3.78. The fraction of sp³-hybridized carbons (Fsp3) is 0.192. The van der Waals surface area contributed by atoms with Crippen LogP contribution in [0.25, 0.3) is 11.5 Å². The van der Waals surface area contributed by atoms with Gasteiger partial charge in [-0.15, -0.1) is 0 Å². The van der Waals surface area contributed by atoms with Gasteiger partial charge < -0.3 is 14.5 Å². The van der Waals surface area contributed by atoms with Gasteiger partial charge in [-0.3, -0.25) is 0 Å². The SMILES string of the molecule is CCOc1ccc(-c2nc(S(=O)(=O)c3ccc(C)cc3)c(NCc3ccc(C)cc3)o2)cc1. The molecule has 0 amide bonds. The summed E-state index contributed by atoms with van der Waals surface area (Å²) in [6.45, 7) is 6.79. The fourth-order valence-corrected chi connectivity index (χ4v) is 4.58. The Morgan fingerprint density at radius 1 is 0.879 bits per heavy atom. The van der Waals surface area contributed by atoms with E-state index in [9.17, 15) is 8.42 Å². The van der Waals surface area contributed by atoms with Crippen molar-refractivity contribution in [3.63, 3.8) is 0 Å². The van der Waals surface area contributed by atoms with Crippen molar-refractivity contribution in [1.29, 1.82) is 0 Å². The molecule has 0 bridgehead atoms. The number of benzene rings is 3. The van der Waals surface area contributed by atoms with Gasteiger partial charge in [0, 0.05) is 12.1 Å². The normalized spacial score (nSPS) is 11.4. The van der Waals surface area contributed by atoms with E-state index in [0.717, 1.165) is 22.4 Å². The Bertz CT molecular complexity index is 1320. The molecule has 0 aliphatic heterocycles. The van der Waals surface area contributed by atoms with E-state index in [1.807, 2.05) is 45.0 Å². The van der Waals surface area contributed by atoms with Crippen LogP contribution in [0.2, 0.25) is 0 Å². The Morgan fingerprint density at radius 2 is 1.48 bits per heavy atom. The highest BCUT2D eigenvalue weighted by atomic mass is 32.2. The summed E-state index contributed by atoms with van der Waals surface area (Å²) in [6, 6.07) is 21.9. The van der Waals surface area contributed by atoms with Crippen LogP contribution in [0.5, 0.6) is 5.75 Å². The van der Waals surface area contributed by atoms with Crippen molar-refractivity contribution in [1.82, 2.24) is 4.98 Å². The van der Waals surface area contributed by atoms with E-state index in [-0.39, 0.29) is 21.7 Å². The highest BCUT2D eigenvalue weighted by molar-refractivity contribution is 7.91. The average Bonchev–Trinajstić information content (AvgIpc) is 3.25. The summed E-state index contributed by atoms with van der Waals surface area (Å²) in [4.78, 5) is 4.56. The maximum absolute atomic E-state index is 13.4. The highest BCUT2D eigenvalue weighted by Crippen LogP contribution is 2.33. The summed E-state index contributed by atoms with van der Waals surface area (Å²) < 4.78 is 38.3. The number of anilines is 1. The summed E-state index contributed by atoms with van der Waals surface area (Å²) in [7, 11) is -3.89. The summed E-state index contributed by atoms with van der Waals surface area (Å²) in [5, 5.41) is 2.99. The van der Waals surface area contributed by atoms with Gasteiger partial charge in [0.2, 0.25) is 26.6 Å². The minimum absolute atomic E-state index is 0.111. The number of aromatic nitrogens is 1. The van der Waals surface area contributed by atoms with Gasteiger partial charge in [-0.05, 0) is 62.7 Å². The van der Waals surface area contributed by atoms with Gasteiger partial charge in [0.1, 0.15) is 5.75 Å². The largest absolute Gasteiger partial charge is 0.494 e. The van der Waals surface area contributed by atoms with Crippen LogP contribution in [-0.2, 0) is 16.4 Å². The van der Waals surface area contributed by atoms with Crippen molar-refractivity contribution in [2.24, 2.45) is 0 Å². The molecule has 6 nitrogen and oxygen atoms in total. The van der Waals surface area contributed by atoms with E-state index in [4.69, 9.17) is 9.15 Å². The Morgan fingerprint density at radius 3 is 2.09 bits per heavy atom. The van der Waals surface area contributed by atoms with Crippen LogP contribution in [0.15, 0.2) is 87.1 Å². The lowest BCUT2D eigenvalue weighted by Crippen LogP contribution is -2.07. The fourth-order valence-electron chi connectivity index (χ4n) is 3.30. The number of ether oxygens (including phenoxy) is 1. The lowest BCUT2D eigenvalue weighted by atomic mass is 10.1. The molecule has 0 aliphatic rings. The number of rotatable bonds is 8. The predicted molar refractivity (Wildman–Crippen MR) is 128 cm³/mol. The zero-order valence-corrected chi connectivity index (χ0v) is 19.6. The van der Waals surface area contributed by atoms with Crippen molar-refractivity contribution in [3.05, 3.63) is 89.5 Å². The first-order chi connectivity index (χ1) is 15.9. The molecule has 33 heavy (non-hydrogen) atoms. The topological polar surface area (TPSA) is 81.4 Å². The van der Waals surface area contributed by atoms with Gasteiger partial charge in [-0.2, -0.15) is 4.98 Å². The zero-order valence-electron chi connectivity index (χ0n) is 18.8. The lowest BCUT2D eigenvalue weighted by molar-refractivity contribution is 0.340. The molecule has 4 aromatic rings. The molecule has 0 unspecified atom stereocenters. The third kappa shape index (κ3) is 5.09. The zero-order chi connectivity index (χ0) is 23.4. The summed E-state index contributed by atoms with van der Waals surface area (Å²) in [5.74, 6) is 1.05. The Hall–Kier alpha value is -3.58. The predicted octanol–water partition coefficient (Wildman–Crippen LogP) is 5.80. The van der Waals surface area contributed by atoms with Gasteiger partial charge >= 0.3 is 0 Å². The molecule has 0 fully saturated rings. The molecule has 7 heteroatoms. The molecule has 1 heterocycles. The molecule has 1 aromatic heterocycles. The number of nitrogens with one attached hydrogen (secondary N) is 1. The molecule has 170 valence electrons. The molecular formula is C26H26N2O4S. The minimum atomic E-state index is -3.89. The Kier molecular flexibility index (Phi) is 6.51. The highest BCUT2D eigenvalue weighted by Gasteiger charge is 2.28. The van der Waals surface area contributed by atoms with E-state index in [1.54, 1.807) is 48.5 Å². The quantitative estimate of drug-likeness (QED) is 0.356. The van der Waals surface area contributed by atoms with E-state index in [1.165, 1.54) is 0 Å². The molecule has 4 rings (SSSR count). The van der Waals surface area contributed by atoms with Crippen molar-refractivity contribution < 1.29 is 17.6 Å². The molecule has 0 radical (unpaired) electrons. The van der Waals surface area contributed by atoms with Gasteiger partial charge in [0.05, 0.1) is 11.5 Å². The molecule has 0 atom stereocenters. The van der Waals surface area contributed by atoms with Crippen molar-refractivity contribution >= 4 is 15.7 Å². The monoisotopic (exact) mass is 462 g/mol. The van der Waals surface area contributed by atoms with Crippen LogP contribution in [-0.4, -0.2) is 20.0 Å². The third-order valence-corrected chi connectivity index (χ3v) is 6.85. The number of hydrogen-bond donors (Lipinski definition) is 1. The summed E-state index contributed by atoms with van der Waals surface area (Å²) >= 11 is 0. The van der Waals surface area contributed by atoms with Gasteiger partial charge in [-0.25, -0.2) is 8.42 Å². The van der Waals surface area contributed by atoms with Gasteiger partial charge in [0.15, 0.2) is 0 Å². The number of nitrogens with zero attached hydrogens (tertiary/aromatic N) is 1. The average molecular weight is 463 g/mol. The maximum Gasteiger partial charge on any atom is 0.234 e. The second kappa shape index (κ2) is 9.50. The number of hydrogen-bond acceptors (Lipinski definition) is 6. The van der Waals surface area contributed by atoms with E-state index in [0.29, 0.717) is 18.7 Å². The van der Waals surface area contributed by atoms with Crippen molar-refractivity contribution in [3.8, 4) is 17.2 Å². The van der Waals surface area contributed by atoms with Crippen LogP contribution in [0, 0.1) is 13.8 Å².